The van der Waals surface area contributed by atoms with Gasteiger partial charge in [-0.15, -0.1) is 0 Å². The van der Waals surface area contributed by atoms with Crippen molar-refractivity contribution in [3.05, 3.63) is 59.1 Å². The standard InChI is InChI=1S/C17H19ClN2O3S/c1-12-7-4-5-10-16(12)19-17(21)13(2)20(24(3,22)23)15-9-6-8-14(18)11-15/h4-11,13H,1-3H3,(H,19,21)/t13-/m0/s1. The molecule has 2 rings (SSSR count). The highest BCUT2D eigenvalue weighted by atomic mass is 35.5. The number of carbonyl (C=O) groups excluding carboxylic acids is 1. The van der Waals surface area contributed by atoms with Crippen LogP contribution in [0.3, 0.4) is 0 Å². The van der Waals surface area contributed by atoms with Crippen LogP contribution in [0.4, 0.5) is 11.4 Å². The lowest BCUT2D eigenvalue weighted by molar-refractivity contribution is -0.116. The zero-order valence-electron chi connectivity index (χ0n) is 13.7. The number of benzene rings is 2. The van der Waals surface area contributed by atoms with Gasteiger partial charge >= 0.3 is 0 Å². The lowest BCUT2D eigenvalue weighted by Crippen LogP contribution is -2.45. The maximum absolute atomic E-state index is 12.6. The van der Waals surface area contributed by atoms with Gasteiger partial charge in [0.1, 0.15) is 6.04 Å². The third-order valence-corrected chi connectivity index (χ3v) is 5.03. The number of hydrogen-bond acceptors (Lipinski definition) is 3. The van der Waals surface area contributed by atoms with Gasteiger partial charge in [0.25, 0.3) is 0 Å². The number of anilines is 2. The van der Waals surface area contributed by atoms with Gasteiger partial charge in [-0.1, -0.05) is 35.9 Å². The number of halogens is 1. The smallest absolute Gasteiger partial charge is 0.248 e. The number of para-hydroxylation sites is 1. The van der Waals surface area contributed by atoms with Gasteiger partial charge < -0.3 is 5.32 Å². The van der Waals surface area contributed by atoms with Gasteiger partial charge in [0.05, 0.1) is 11.9 Å². The van der Waals surface area contributed by atoms with Crippen molar-refractivity contribution in [2.45, 2.75) is 19.9 Å². The second kappa shape index (κ2) is 7.23. The molecule has 0 bridgehead atoms. The van der Waals surface area contributed by atoms with Crippen molar-refractivity contribution in [3.8, 4) is 0 Å². The minimum Gasteiger partial charge on any atom is -0.324 e. The Labute approximate surface area is 147 Å². The second-order valence-electron chi connectivity index (χ2n) is 5.52. The van der Waals surface area contributed by atoms with Gasteiger partial charge in [0.15, 0.2) is 0 Å². The molecule has 2 aromatic carbocycles. The van der Waals surface area contributed by atoms with E-state index in [0.29, 0.717) is 16.4 Å². The van der Waals surface area contributed by atoms with Crippen LogP contribution in [0, 0.1) is 6.92 Å². The van der Waals surface area contributed by atoms with Crippen LogP contribution in [0.2, 0.25) is 5.02 Å². The lowest BCUT2D eigenvalue weighted by Gasteiger charge is -2.28. The summed E-state index contributed by atoms with van der Waals surface area (Å²) in [6, 6.07) is 12.8. The Morgan fingerprint density at radius 1 is 1.17 bits per heavy atom. The summed E-state index contributed by atoms with van der Waals surface area (Å²) in [6.07, 6.45) is 1.06. The highest BCUT2D eigenvalue weighted by Gasteiger charge is 2.29. The van der Waals surface area contributed by atoms with Gasteiger partial charge in [-0.2, -0.15) is 0 Å². The summed E-state index contributed by atoms with van der Waals surface area (Å²) in [5.74, 6) is -0.422. The third-order valence-electron chi connectivity index (χ3n) is 3.55. The predicted octanol–water partition coefficient (Wildman–Crippen LogP) is 3.44. The minimum absolute atomic E-state index is 0.345. The number of aryl methyl sites for hydroxylation is 1. The summed E-state index contributed by atoms with van der Waals surface area (Å²) < 4.78 is 25.5. The largest absolute Gasteiger partial charge is 0.324 e. The molecule has 128 valence electrons. The summed E-state index contributed by atoms with van der Waals surface area (Å²) in [4.78, 5) is 12.6. The molecule has 0 fully saturated rings. The first-order chi connectivity index (χ1) is 11.2. The molecule has 0 aliphatic rings. The highest BCUT2D eigenvalue weighted by Crippen LogP contribution is 2.25. The van der Waals surface area contributed by atoms with E-state index in [9.17, 15) is 13.2 Å². The van der Waals surface area contributed by atoms with E-state index in [0.717, 1.165) is 16.1 Å². The van der Waals surface area contributed by atoms with E-state index in [4.69, 9.17) is 11.6 Å². The minimum atomic E-state index is -3.67. The number of nitrogens with one attached hydrogen (secondary N) is 1. The Bertz CT molecular complexity index is 852. The van der Waals surface area contributed by atoms with Gasteiger partial charge in [0.2, 0.25) is 15.9 Å². The molecule has 5 nitrogen and oxygen atoms in total. The van der Waals surface area contributed by atoms with Crippen molar-refractivity contribution in [1.82, 2.24) is 0 Å². The Morgan fingerprint density at radius 3 is 2.42 bits per heavy atom. The summed E-state index contributed by atoms with van der Waals surface area (Å²) in [7, 11) is -3.67. The topological polar surface area (TPSA) is 66.5 Å². The molecule has 2 aromatic rings. The molecule has 0 aromatic heterocycles. The Kier molecular flexibility index (Phi) is 5.51. The zero-order chi connectivity index (χ0) is 17.9. The van der Waals surface area contributed by atoms with Crippen LogP contribution >= 0.6 is 11.6 Å². The molecule has 0 saturated carbocycles. The summed E-state index contributed by atoms with van der Waals surface area (Å²) in [5, 5.41) is 3.16. The molecular formula is C17H19ClN2O3S. The van der Waals surface area contributed by atoms with E-state index in [2.05, 4.69) is 5.32 Å². The molecule has 24 heavy (non-hydrogen) atoms. The lowest BCUT2D eigenvalue weighted by atomic mass is 10.2. The number of hydrogen-bond donors (Lipinski definition) is 1. The molecule has 1 atom stereocenters. The van der Waals surface area contributed by atoms with Crippen LogP contribution in [0.25, 0.3) is 0 Å². The SMILES string of the molecule is Cc1ccccc1NC(=O)[C@H](C)N(c1cccc(Cl)c1)S(C)(=O)=O. The normalized spacial score (nSPS) is 12.5. The first kappa shape index (κ1) is 18.3. The van der Waals surface area contributed by atoms with Crippen molar-refractivity contribution >= 4 is 38.9 Å². The van der Waals surface area contributed by atoms with E-state index in [1.54, 1.807) is 30.3 Å². The van der Waals surface area contributed by atoms with Gasteiger partial charge in [-0.25, -0.2) is 8.42 Å². The monoisotopic (exact) mass is 366 g/mol. The Hall–Kier alpha value is -2.05. The van der Waals surface area contributed by atoms with Crippen LogP contribution in [0.5, 0.6) is 0 Å². The van der Waals surface area contributed by atoms with Crippen molar-refractivity contribution < 1.29 is 13.2 Å². The van der Waals surface area contributed by atoms with E-state index in [-0.39, 0.29) is 0 Å². The van der Waals surface area contributed by atoms with Gasteiger partial charge in [-0.05, 0) is 43.7 Å². The quantitative estimate of drug-likeness (QED) is 0.881. The molecule has 0 radical (unpaired) electrons. The number of carbonyl (C=O) groups is 1. The summed E-state index contributed by atoms with van der Waals surface area (Å²) in [5.41, 5.74) is 1.89. The highest BCUT2D eigenvalue weighted by molar-refractivity contribution is 7.92. The van der Waals surface area contributed by atoms with Gasteiger partial charge in [0, 0.05) is 10.7 Å². The first-order valence-corrected chi connectivity index (χ1v) is 9.54. The van der Waals surface area contributed by atoms with Crippen molar-refractivity contribution in [2.75, 3.05) is 15.9 Å². The fourth-order valence-corrected chi connectivity index (χ4v) is 3.72. The summed E-state index contributed by atoms with van der Waals surface area (Å²) in [6.45, 7) is 3.40. The van der Waals surface area contributed by atoms with Crippen LogP contribution in [0.15, 0.2) is 48.5 Å². The van der Waals surface area contributed by atoms with Crippen molar-refractivity contribution in [3.63, 3.8) is 0 Å². The maximum Gasteiger partial charge on any atom is 0.248 e. The maximum atomic E-state index is 12.6. The van der Waals surface area contributed by atoms with Crippen molar-refractivity contribution in [1.29, 1.82) is 0 Å². The number of rotatable bonds is 5. The molecule has 0 aliphatic heterocycles. The molecule has 0 spiro atoms. The Balaban J connectivity index is 2.33. The molecule has 0 aliphatic carbocycles. The van der Waals surface area contributed by atoms with E-state index >= 15 is 0 Å². The van der Waals surface area contributed by atoms with E-state index in [1.807, 2.05) is 19.1 Å². The molecule has 0 heterocycles. The molecule has 1 amide bonds. The van der Waals surface area contributed by atoms with E-state index in [1.165, 1.54) is 13.0 Å². The fourth-order valence-electron chi connectivity index (χ4n) is 2.37. The van der Waals surface area contributed by atoms with E-state index < -0.39 is 22.0 Å². The predicted molar refractivity (Wildman–Crippen MR) is 98.0 cm³/mol. The molecule has 0 saturated heterocycles. The molecular weight excluding hydrogens is 348 g/mol. The average molecular weight is 367 g/mol. The second-order valence-corrected chi connectivity index (χ2v) is 7.81. The van der Waals surface area contributed by atoms with Crippen LogP contribution in [-0.4, -0.2) is 26.6 Å². The Morgan fingerprint density at radius 2 is 1.83 bits per heavy atom. The number of nitrogens with zero attached hydrogens (tertiary/aromatic N) is 1. The van der Waals surface area contributed by atoms with Crippen LogP contribution in [0.1, 0.15) is 12.5 Å². The molecule has 0 unspecified atom stereocenters. The van der Waals surface area contributed by atoms with Gasteiger partial charge in [-0.3, -0.25) is 9.10 Å². The molecule has 1 N–H and O–H groups in total. The first-order valence-electron chi connectivity index (χ1n) is 7.31. The van der Waals surface area contributed by atoms with Crippen molar-refractivity contribution in [2.24, 2.45) is 0 Å². The average Bonchev–Trinajstić information content (AvgIpc) is 2.48. The fraction of sp³-hybridized carbons (Fsp3) is 0.235. The van der Waals surface area contributed by atoms with Crippen LogP contribution < -0.4 is 9.62 Å². The zero-order valence-corrected chi connectivity index (χ0v) is 15.2. The molecule has 7 heteroatoms. The number of amides is 1. The number of sulfonamides is 1. The third kappa shape index (κ3) is 4.27. The summed E-state index contributed by atoms with van der Waals surface area (Å²) >= 11 is 5.95. The van der Waals surface area contributed by atoms with Crippen LogP contribution in [-0.2, 0) is 14.8 Å².